The van der Waals surface area contributed by atoms with Gasteiger partial charge in [0.1, 0.15) is 5.75 Å². The van der Waals surface area contributed by atoms with Gasteiger partial charge >= 0.3 is 0 Å². The van der Waals surface area contributed by atoms with E-state index < -0.39 is 0 Å². The lowest BCUT2D eigenvalue weighted by Gasteiger charge is -2.24. The van der Waals surface area contributed by atoms with Gasteiger partial charge in [0.25, 0.3) is 0 Å². The molecule has 1 amide bonds. The molecule has 3 N–H and O–H groups in total. The fraction of sp³-hybridized carbons (Fsp3) is 0.556. The van der Waals surface area contributed by atoms with Gasteiger partial charge in [-0.05, 0) is 38.5 Å². The van der Waals surface area contributed by atoms with Crippen LogP contribution in [-0.2, 0) is 16.1 Å². The highest BCUT2D eigenvalue weighted by Gasteiger charge is 2.16. The third-order valence-corrected chi connectivity index (χ3v) is 3.57. The Morgan fingerprint density at radius 3 is 2.52 bits per heavy atom. The van der Waals surface area contributed by atoms with Gasteiger partial charge in [0.15, 0.2) is 5.96 Å². The number of anilines is 1. The van der Waals surface area contributed by atoms with Crippen LogP contribution in [0.5, 0.6) is 5.75 Å². The minimum atomic E-state index is -0.283. The molecular formula is C18H30N4O3. The quantitative estimate of drug-likeness (QED) is 0.494. The largest absolute Gasteiger partial charge is 0.495 e. The monoisotopic (exact) mass is 350 g/mol. The average Bonchev–Trinajstić information content (AvgIpc) is 2.57. The molecule has 0 atom stereocenters. The molecule has 0 aliphatic carbocycles. The Kier molecular flexibility index (Phi) is 8.21. The van der Waals surface area contributed by atoms with Gasteiger partial charge in [0.05, 0.1) is 24.9 Å². The molecule has 140 valence electrons. The van der Waals surface area contributed by atoms with Crippen LogP contribution in [0.3, 0.4) is 0 Å². The highest BCUT2D eigenvalue weighted by molar-refractivity contribution is 5.90. The molecule has 0 fully saturated rings. The normalized spacial score (nSPS) is 11.8. The number of hydrogen-bond donors (Lipinski definition) is 3. The molecule has 0 bridgehead atoms. The van der Waals surface area contributed by atoms with Crippen LogP contribution in [0, 0.1) is 0 Å². The van der Waals surface area contributed by atoms with Crippen molar-refractivity contribution in [2.24, 2.45) is 4.99 Å². The van der Waals surface area contributed by atoms with Crippen LogP contribution in [0.2, 0.25) is 0 Å². The Morgan fingerprint density at radius 2 is 1.96 bits per heavy atom. The van der Waals surface area contributed by atoms with E-state index in [-0.39, 0.29) is 11.5 Å². The summed E-state index contributed by atoms with van der Waals surface area (Å²) in [5.41, 5.74) is 1.32. The van der Waals surface area contributed by atoms with Crippen LogP contribution in [0.15, 0.2) is 23.2 Å². The molecule has 0 saturated heterocycles. The summed E-state index contributed by atoms with van der Waals surface area (Å²) in [7, 11) is 3.26. The Morgan fingerprint density at radius 1 is 1.24 bits per heavy atom. The number of methoxy groups -OCH3 is 2. The molecule has 0 aliphatic rings. The van der Waals surface area contributed by atoms with E-state index in [1.54, 1.807) is 14.2 Å². The molecule has 0 heterocycles. The van der Waals surface area contributed by atoms with Gasteiger partial charge in [-0.1, -0.05) is 6.07 Å². The summed E-state index contributed by atoms with van der Waals surface area (Å²) in [6, 6.07) is 5.62. The van der Waals surface area contributed by atoms with Crippen LogP contribution in [-0.4, -0.2) is 44.8 Å². The van der Waals surface area contributed by atoms with Crippen molar-refractivity contribution >= 4 is 17.6 Å². The molecule has 1 aromatic carbocycles. The van der Waals surface area contributed by atoms with Gasteiger partial charge in [-0.3, -0.25) is 4.79 Å². The molecule has 7 heteroatoms. The molecule has 7 nitrogen and oxygen atoms in total. The summed E-state index contributed by atoms with van der Waals surface area (Å²) < 4.78 is 10.7. The third kappa shape index (κ3) is 7.43. The highest BCUT2D eigenvalue weighted by Crippen LogP contribution is 2.25. The van der Waals surface area contributed by atoms with Crippen LogP contribution in [0.1, 0.15) is 33.3 Å². The molecule has 0 unspecified atom stereocenters. The smallest absolute Gasteiger partial charge is 0.221 e. The minimum Gasteiger partial charge on any atom is -0.495 e. The van der Waals surface area contributed by atoms with Crippen molar-refractivity contribution in [3.63, 3.8) is 0 Å². The number of carbonyl (C=O) groups is 1. The maximum Gasteiger partial charge on any atom is 0.221 e. The number of nitrogens with one attached hydrogen (secondary N) is 3. The number of ether oxygens (including phenoxy) is 2. The van der Waals surface area contributed by atoms with Gasteiger partial charge in [-0.25, -0.2) is 4.99 Å². The number of amides is 1. The summed E-state index contributed by atoms with van der Waals surface area (Å²) >= 11 is 0. The predicted molar refractivity (Wildman–Crippen MR) is 101 cm³/mol. The number of guanidine groups is 1. The summed E-state index contributed by atoms with van der Waals surface area (Å²) in [5.74, 6) is 1.19. The van der Waals surface area contributed by atoms with Crippen LogP contribution in [0.25, 0.3) is 0 Å². The Labute approximate surface area is 150 Å². The molecule has 1 rings (SSSR count). The minimum absolute atomic E-state index is 0.143. The SMILES string of the molecule is CCNC(=NCc1ccc(OC)c(NC(C)=O)c1)NCC(C)(C)OC. The van der Waals surface area contributed by atoms with Crippen LogP contribution in [0.4, 0.5) is 5.69 Å². The molecular weight excluding hydrogens is 320 g/mol. The van der Waals surface area contributed by atoms with Gasteiger partial charge in [-0.2, -0.15) is 0 Å². The van der Waals surface area contributed by atoms with E-state index in [1.165, 1.54) is 6.92 Å². The van der Waals surface area contributed by atoms with Crippen molar-refractivity contribution in [2.75, 3.05) is 32.6 Å². The van der Waals surface area contributed by atoms with Crippen molar-refractivity contribution in [2.45, 2.75) is 39.8 Å². The third-order valence-electron chi connectivity index (χ3n) is 3.57. The fourth-order valence-corrected chi connectivity index (χ4v) is 2.02. The van der Waals surface area contributed by atoms with E-state index in [9.17, 15) is 4.79 Å². The average molecular weight is 350 g/mol. The van der Waals surface area contributed by atoms with Crippen molar-refractivity contribution < 1.29 is 14.3 Å². The number of nitrogens with zero attached hydrogens (tertiary/aromatic N) is 1. The van der Waals surface area contributed by atoms with Gasteiger partial charge in [0, 0.05) is 27.1 Å². The number of hydrogen-bond acceptors (Lipinski definition) is 4. The molecule has 0 saturated carbocycles. The molecule has 0 radical (unpaired) electrons. The van der Waals surface area contributed by atoms with Gasteiger partial charge in [-0.15, -0.1) is 0 Å². The topological polar surface area (TPSA) is 84.0 Å². The van der Waals surface area contributed by atoms with E-state index in [1.807, 2.05) is 39.0 Å². The lowest BCUT2D eigenvalue weighted by molar-refractivity contribution is -0.114. The Hall–Kier alpha value is -2.28. The Balaban J connectivity index is 2.85. The van der Waals surface area contributed by atoms with Gasteiger partial charge in [0.2, 0.25) is 5.91 Å². The maximum atomic E-state index is 11.3. The first-order valence-corrected chi connectivity index (χ1v) is 8.33. The summed E-state index contributed by atoms with van der Waals surface area (Å²) in [5, 5.41) is 9.25. The first-order chi connectivity index (χ1) is 11.8. The summed E-state index contributed by atoms with van der Waals surface area (Å²) in [6.45, 7) is 9.36. The molecule has 0 aliphatic heterocycles. The lowest BCUT2D eigenvalue weighted by atomic mass is 10.1. The zero-order valence-corrected chi connectivity index (χ0v) is 16.0. The zero-order chi connectivity index (χ0) is 18.9. The second kappa shape index (κ2) is 9.88. The fourth-order valence-electron chi connectivity index (χ4n) is 2.02. The first kappa shape index (κ1) is 20.8. The number of aliphatic imine (C=N–C) groups is 1. The summed E-state index contributed by atoms with van der Waals surface area (Å²) in [4.78, 5) is 15.9. The van der Waals surface area contributed by atoms with E-state index in [2.05, 4.69) is 20.9 Å². The second-order valence-corrected chi connectivity index (χ2v) is 6.23. The van der Waals surface area contributed by atoms with Crippen LogP contribution < -0.4 is 20.7 Å². The number of carbonyl (C=O) groups excluding carboxylic acids is 1. The van der Waals surface area contributed by atoms with Crippen LogP contribution >= 0.6 is 0 Å². The molecule has 25 heavy (non-hydrogen) atoms. The standard InChI is InChI=1S/C18H30N4O3/c1-7-19-17(21-12-18(3,4)25-6)20-11-14-8-9-16(24-5)15(10-14)22-13(2)23/h8-10H,7,11-12H2,1-6H3,(H,22,23)(H2,19,20,21). The second-order valence-electron chi connectivity index (χ2n) is 6.23. The van der Waals surface area contributed by atoms with E-state index in [0.717, 1.165) is 12.1 Å². The van der Waals surface area contributed by atoms with Crippen molar-refractivity contribution in [3.05, 3.63) is 23.8 Å². The predicted octanol–water partition coefficient (Wildman–Crippen LogP) is 2.13. The zero-order valence-electron chi connectivity index (χ0n) is 16.0. The first-order valence-electron chi connectivity index (χ1n) is 8.33. The van der Waals surface area contributed by atoms with Gasteiger partial charge < -0.3 is 25.4 Å². The molecule has 1 aromatic rings. The van der Waals surface area contributed by atoms with Crippen molar-refractivity contribution in [1.29, 1.82) is 0 Å². The highest BCUT2D eigenvalue weighted by atomic mass is 16.5. The molecule has 0 aromatic heterocycles. The summed E-state index contributed by atoms with van der Waals surface area (Å²) in [6.07, 6.45) is 0. The van der Waals surface area contributed by atoms with E-state index in [4.69, 9.17) is 9.47 Å². The number of rotatable bonds is 8. The van der Waals surface area contributed by atoms with Crippen molar-refractivity contribution in [1.82, 2.24) is 10.6 Å². The van der Waals surface area contributed by atoms with E-state index >= 15 is 0 Å². The lowest BCUT2D eigenvalue weighted by Crippen LogP contribution is -2.45. The Bertz CT molecular complexity index is 600. The van der Waals surface area contributed by atoms with Crippen molar-refractivity contribution in [3.8, 4) is 5.75 Å². The maximum absolute atomic E-state index is 11.3. The number of benzene rings is 1. The molecule has 0 spiro atoms. The van der Waals surface area contributed by atoms with E-state index in [0.29, 0.717) is 30.5 Å².